The summed E-state index contributed by atoms with van der Waals surface area (Å²) in [5.74, 6) is 0. The second-order valence-electron chi connectivity index (χ2n) is 2.76. The molecular weight excluding hydrogens is 238 g/mol. The van der Waals surface area contributed by atoms with Gasteiger partial charge in [0.15, 0.2) is 10.7 Å². The van der Waals surface area contributed by atoms with Crippen LogP contribution >= 0.6 is 10.7 Å². The molecule has 0 amide bonds. The van der Waals surface area contributed by atoms with Crippen LogP contribution in [0.5, 0.6) is 0 Å². The Hall–Kier alpha value is -1.58. The summed E-state index contributed by atoms with van der Waals surface area (Å²) in [5, 5.41) is 8.62. The van der Waals surface area contributed by atoms with Crippen molar-refractivity contribution in [2.24, 2.45) is 0 Å². The summed E-state index contributed by atoms with van der Waals surface area (Å²) in [6.07, 6.45) is 2.61. The lowest BCUT2D eigenvalue weighted by molar-refractivity contribution is 0.605. The molecule has 0 spiro atoms. The fraction of sp³-hybridized carbons (Fsp3) is 0. The Morgan fingerprint density at radius 3 is 2.87 bits per heavy atom. The van der Waals surface area contributed by atoms with E-state index in [1.54, 1.807) is 12.1 Å². The van der Waals surface area contributed by atoms with Crippen molar-refractivity contribution >= 4 is 25.4 Å². The summed E-state index contributed by atoms with van der Waals surface area (Å²) in [5.41, 5.74) is 0.572. The average Bonchev–Trinajstić information content (AvgIpc) is 2.59. The molecule has 7 heteroatoms. The molecular formula is C8H4ClN3O2S. The highest BCUT2D eigenvalue weighted by atomic mass is 35.7. The van der Waals surface area contributed by atoms with Crippen LogP contribution in [0.25, 0.3) is 5.65 Å². The molecule has 76 valence electrons. The second kappa shape index (κ2) is 3.22. The largest absolute Gasteiger partial charge is 0.288 e. The van der Waals surface area contributed by atoms with Gasteiger partial charge in [0.05, 0.1) is 11.8 Å². The second-order valence-corrected chi connectivity index (χ2v) is 5.27. The first-order valence-corrected chi connectivity index (χ1v) is 6.16. The van der Waals surface area contributed by atoms with E-state index in [2.05, 4.69) is 4.98 Å². The van der Waals surface area contributed by atoms with Gasteiger partial charge in [0.2, 0.25) is 0 Å². The van der Waals surface area contributed by atoms with Gasteiger partial charge in [-0.05, 0) is 12.1 Å². The number of fused-ring (bicyclic) bond motifs is 1. The highest BCUT2D eigenvalue weighted by Crippen LogP contribution is 2.18. The van der Waals surface area contributed by atoms with Crippen molar-refractivity contribution in [1.82, 2.24) is 9.38 Å². The van der Waals surface area contributed by atoms with Crippen LogP contribution in [-0.2, 0) is 9.05 Å². The standard InChI is InChI=1S/C8H4ClN3O2S/c9-15(13,14)7-5-11-8-6(4-10)2-1-3-12(7)8/h1-3,5H. The number of hydrogen-bond donors (Lipinski definition) is 0. The lowest BCUT2D eigenvalue weighted by Gasteiger charge is -1.97. The molecule has 0 saturated heterocycles. The number of rotatable bonds is 1. The van der Waals surface area contributed by atoms with Crippen molar-refractivity contribution in [3.8, 4) is 6.07 Å². The summed E-state index contributed by atoms with van der Waals surface area (Å²) in [7, 11) is 1.36. The fourth-order valence-corrected chi connectivity index (χ4v) is 2.16. The van der Waals surface area contributed by atoms with Crippen LogP contribution in [0.3, 0.4) is 0 Å². The molecule has 2 aromatic heterocycles. The van der Waals surface area contributed by atoms with Gasteiger partial charge in [-0.15, -0.1) is 0 Å². The van der Waals surface area contributed by atoms with Gasteiger partial charge in [0.1, 0.15) is 6.07 Å². The molecule has 0 aliphatic carbocycles. The zero-order valence-electron chi connectivity index (χ0n) is 7.25. The molecule has 0 aliphatic rings. The molecule has 0 radical (unpaired) electrons. The third-order valence-electron chi connectivity index (χ3n) is 1.87. The number of aromatic nitrogens is 2. The van der Waals surface area contributed by atoms with Crippen LogP contribution in [0.2, 0.25) is 0 Å². The summed E-state index contributed by atoms with van der Waals surface area (Å²) >= 11 is 0. The first-order chi connectivity index (χ1) is 7.04. The monoisotopic (exact) mass is 241 g/mol. The zero-order chi connectivity index (χ0) is 11.1. The molecule has 0 fully saturated rings. The molecule has 5 nitrogen and oxygen atoms in total. The summed E-state index contributed by atoms with van der Waals surface area (Å²) in [4.78, 5) is 3.83. The topological polar surface area (TPSA) is 75.2 Å². The first-order valence-electron chi connectivity index (χ1n) is 3.85. The number of nitrogens with zero attached hydrogens (tertiary/aromatic N) is 3. The molecule has 2 rings (SSSR count). The van der Waals surface area contributed by atoms with E-state index in [9.17, 15) is 8.42 Å². The van der Waals surface area contributed by atoms with E-state index in [1.807, 2.05) is 6.07 Å². The summed E-state index contributed by atoms with van der Waals surface area (Å²) in [6.45, 7) is 0. The third-order valence-corrected chi connectivity index (χ3v) is 3.15. The molecule has 0 atom stereocenters. The van der Waals surface area contributed by atoms with Crippen LogP contribution in [0.4, 0.5) is 0 Å². The molecule has 0 aliphatic heterocycles. The van der Waals surface area contributed by atoms with Crippen molar-refractivity contribution < 1.29 is 8.42 Å². The van der Waals surface area contributed by atoms with Gasteiger partial charge in [-0.1, -0.05) is 0 Å². The minimum Gasteiger partial charge on any atom is -0.288 e. The quantitative estimate of drug-likeness (QED) is 0.702. The van der Waals surface area contributed by atoms with Crippen LogP contribution in [0.15, 0.2) is 29.6 Å². The molecule has 0 unspecified atom stereocenters. The van der Waals surface area contributed by atoms with Crippen molar-refractivity contribution in [2.75, 3.05) is 0 Å². The Kier molecular flexibility index (Phi) is 2.14. The predicted octanol–water partition coefficient (Wildman–Crippen LogP) is 1.13. The van der Waals surface area contributed by atoms with E-state index in [1.165, 1.54) is 10.6 Å². The van der Waals surface area contributed by atoms with E-state index in [0.717, 1.165) is 6.20 Å². The molecule has 2 aromatic rings. The Bertz CT molecular complexity index is 669. The van der Waals surface area contributed by atoms with Crippen molar-refractivity contribution in [1.29, 1.82) is 5.26 Å². The van der Waals surface area contributed by atoms with Crippen LogP contribution in [0, 0.1) is 11.3 Å². The SMILES string of the molecule is N#Cc1cccn2c(S(=O)(=O)Cl)cnc12. The van der Waals surface area contributed by atoms with E-state index in [0.29, 0.717) is 5.56 Å². The summed E-state index contributed by atoms with van der Waals surface area (Å²) < 4.78 is 23.5. The number of imidazole rings is 1. The fourth-order valence-electron chi connectivity index (χ4n) is 1.26. The van der Waals surface area contributed by atoms with Crippen molar-refractivity contribution in [3.63, 3.8) is 0 Å². The van der Waals surface area contributed by atoms with Gasteiger partial charge in [-0.2, -0.15) is 5.26 Å². The smallest absolute Gasteiger partial charge is 0.278 e. The molecule has 0 N–H and O–H groups in total. The number of pyridine rings is 1. The van der Waals surface area contributed by atoms with Gasteiger partial charge < -0.3 is 0 Å². The maximum absolute atomic E-state index is 11.1. The minimum absolute atomic E-state index is 0.142. The highest BCUT2D eigenvalue weighted by molar-refractivity contribution is 8.13. The first kappa shape index (κ1) is 9.96. The van der Waals surface area contributed by atoms with Crippen molar-refractivity contribution in [2.45, 2.75) is 5.03 Å². The lowest BCUT2D eigenvalue weighted by atomic mass is 10.3. The Morgan fingerprint density at radius 1 is 1.53 bits per heavy atom. The maximum Gasteiger partial charge on any atom is 0.278 e. The Morgan fingerprint density at radius 2 is 2.27 bits per heavy atom. The maximum atomic E-state index is 11.1. The minimum atomic E-state index is -3.85. The van der Waals surface area contributed by atoms with Gasteiger partial charge in [0.25, 0.3) is 9.05 Å². The van der Waals surface area contributed by atoms with E-state index in [-0.39, 0.29) is 10.7 Å². The van der Waals surface area contributed by atoms with E-state index >= 15 is 0 Å². The third kappa shape index (κ3) is 1.56. The molecule has 15 heavy (non-hydrogen) atoms. The number of hydrogen-bond acceptors (Lipinski definition) is 4. The average molecular weight is 242 g/mol. The van der Waals surface area contributed by atoms with E-state index < -0.39 is 9.05 Å². The van der Waals surface area contributed by atoms with Gasteiger partial charge in [-0.3, -0.25) is 4.40 Å². The predicted molar refractivity (Wildman–Crippen MR) is 52.9 cm³/mol. The molecule has 0 saturated carbocycles. The Balaban J connectivity index is 2.91. The normalized spacial score (nSPS) is 11.5. The summed E-state index contributed by atoms with van der Waals surface area (Å²) in [6, 6.07) is 5.02. The van der Waals surface area contributed by atoms with Gasteiger partial charge in [-0.25, -0.2) is 13.4 Å². The van der Waals surface area contributed by atoms with Crippen LogP contribution < -0.4 is 0 Å². The van der Waals surface area contributed by atoms with Gasteiger partial charge >= 0.3 is 0 Å². The van der Waals surface area contributed by atoms with Crippen molar-refractivity contribution in [3.05, 3.63) is 30.1 Å². The zero-order valence-corrected chi connectivity index (χ0v) is 8.83. The van der Waals surface area contributed by atoms with Crippen LogP contribution in [-0.4, -0.2) is 17.8 Å². The molecule has 2 heterocycles. The molecule has 0 aromatic carbocycles. The lowest BCUT2D eigenvalue weighted by Crippen LogP contribution is -1.97. The van der Waals surface area contributed by atoms with E-state index in [4.69, 9.17) is 15.9 Å². The van der Waals surface area contributed by atoms with Crippen LogP contribution in [0.1, 0.15) is 5.56 Å². The number of nitriles is 1. The highest BCUT2D eigenvalue weighted by Gasteiger charge is 2.17. The number of halogens is 1. The van der Waals surface area contributed by atoms with Gasteiger partial charge in [0, 0.05) is 16.9 Å². The Labute approximate surface area is 90.0 Å². The molecule has 0 bridgehead atoms.